The molecule has 1 aromatic heterocycles. The van der Waals surface area contributed by atoms with Gasteiger partial charge >= 0.3 is 0 Å². The van der Waals surface area contributed by atoms with E-state index in [1.807, 2.05) is 13.8 Å². The Labute approximate surface area is 57.2 Å². The first-order chi connectivity index (χ1) is 3.70. The van der Waals surface area contributed by atoms with Gasteiger partial charge in [-0.15, -0.1) is 0 Å². The number of aryl methyl sites for hydroxylation is 2. The van der Waals surface area contributed by atoms with E-state index in [4.69, 9.17) is 0 Å². The van der Waals surface area contributed by atoms with E-state index in [2.05, 4.69) is 27.0 Å². The van der Waals surface area contributed by atoms with E-state index in [-0.39, 0.29) is 0 Å². The lowest BCUT2D eigenvalue weighted by Crippen LogP contribution is -1.69. The fourth-order valence-corrected chi connectivity index (χ4v) is 1.13. The summed E-state index contributed by atoms with van der Waals surface area (Å²) in [5, 5.41) is 0. The van der Waals surface area contributed by atoms with Crippen LogP contribution in [-0.2, 0) is 0 Å². The molecule has 0 aliphatic rings. The number of hydrogen-bond acceptors (Lipinski definition) is 0. The molecule has 0 spiro atoms. The third-order valence-electron chi connectivity index (χ3n) is 1.09. The van der Waals surface area contributed by atoms with E-state index in [0.717, 1.165) is 4.47 Å². The molecule has 1 rings (SSSR count). The topological polar surface area (TPSA) is 15.8 Å². The van der Waals surface area contributed by atoms with E-state index in [9.17, 15) is 0 Å². The van der Waals surface area contributed by atoms with Gasteiger partial charge in [-0.05, 0) is 35.8 Å². The quantitative estimate of drug-likeness (QED) is 0.621. The number of aromatic amines is 1. The Bertz CT molecular complexity index is 171. The van der Waals surface area contributed by atoms with E-state index in [1.54, 1.807) is 0 Å². The summed E-state index contributed by atoms with van der Waals surface area (Å²) in [5.41, 5.74) is 2.40. The first kappa shape index (κ1) is 5.89. The van der Waals surface area contributed by atoms with Crippen LogP contribution in [0.5, 0.6) is 0 Å². The van der Waals surface area contributed by atoms with Crippen LogP contribution in [0.2, 0.25) is 0 Å². The molecule has 1 N–H and O–H groups in total. The molecule has 0 saturated carbocycles. The minimum atomic E-state index is 1.16. The van der Waals surface area contributed by atoms with Gasteiger partial charge in [0.15, 0.2) is 0 Å². The van der Waals surface area contributed by atoms with Gasteiger partial charge in [0.25, 0.3) is 0 Å². The van der Waals surface area contributed by atoms with Gasteiger partial charge < -0.3 is 4.98 Å². The molecule has 0 aromatic carbocycles. The van der Waals surface area contributed by atoms with Crippen LogP contribution in [0.25, 0.3) is 0 Å². The number of hydrogen-bond donors (Lipinski definition) is 1. The van der Waals surface area contributed by atoms with Gasteiger partial charge in [0.2, 0.25) is 0 Å². The van der Waals surface area contributed by atoms with Crippen molar-refractivity contribution in [1.82, 2.24) is 4.98 Å². The fraction of sp³-hybridized carbons (Fsp3) is 0.333. The predicted octanol–water partition coefficient (Wildman–Crippen LogP) is 2.39. The van der Waals surface area contributed by atoms with Gasteiger partial charge in [0, 0.05) is 15.9 Å². The summed E-state index contributed by atoms with van der Waals surface area (Å²) < 4.78 is 1.16. The van der Waals surface area contributed by atoms with Crippen molar-refractivity contribution in [2.45, 2.75) is 13.8 Å². The van der Waals surface area contributed by atoms with E-state index < -0.39 is 0 Å². The molecular formula is C6H8BrN. The molecule has 0 bridgehead atoms. The number of rotatable bonds is 0. The number of nitrogens with one attached hydrogen (secondary N) is 1. The molecule has 0 aliphatic heterocycles. The fourth-order valence-electron chi connectivity index (χ4n) is 0.690. The number of aromatic nitrogens is 1. The molecule has 1 nitrogen and oxygen atoms in total. The molecule has 0 aliphatic carbocycles. The second-order valence-corrected chi connectivity index (χ2v) is 2.78. The van der Waals surface area contributed by atoms with Gasteiger partial charge in [-0.2, -0.15) is 0 Å². The third kappa shape index (κ3) is 0.944. The summed E-state index contributed by atoms with van der Waals surface area (Å²) in [6.45, 7) is 4.08. The SMILES string of the molecule is Cc1cc(Br)c(C)[nH]1. The molecule has 0 atom stereocenters. The minimum absolute atomic E-state index is 1.16. The summed E-state index contributed by atoms with van der Waals surface area (Å²) >= 11 is 3.38. The van der Waals surface area contributed by atoms with Crippen molar-refractivity contribution in [2.75, 3.05) is 0 Å². The van der Waals surface area contributed by atoms with E-state index in [0.29, 0.717) is 0 Å². The third-order valence-corrected chi connectivity index (χ3v) is 1.91. The molecule has 0 amide bonds. The molecule has 2 heteroatoms. The van der Waals surface area contributed by atoms with Crippen LogP contribution < -0.4 is 0 Å². The molecule has 0 radical (unpaired) electrons. The monoisotopic (exact) mass is 173 g/mol. The van der Waals surface area contributed by atoms with Gasteiger partial charge in [-0.1, -0.05) is 0 Å². The Morgan fingerprint density at radius 1 is 1.50 bits per heavy atom. The van der Waals surface area contributed by atoms with Crippen LogP contribution in [0, 0.1) is 13.8 Å². The molecule has 1 aromatic rings. The average molecular weight is 174 g/mol. The van der Waals surface area contributed by atoms with Gasteiger partial charge in [-0.25, -0.2) is 0 Å². The molecule has 44 valence electrons. The molecule has 0 saturated heterocycles. The number of halogens is 1. The van der Waals surface area contributed by atoms with Crippen molar-refractivity contribution in [3.63, 3.8) is 0 Å². The molecule has 8 heavy (non-hydrogen) atoms. The highest BCUT2D eigenvalue weighted by atomic mass is 79.9. The van der Waals surface area contributed by atoms with Gasteiger partial charge in [-0.3, -0.25) is 0 Å². The van der Waals surface area contributed by atoms with Crippen LogP contribution in [0.15, 0.2) is 10.5 Å². The van der Waals surface area contributed by atoms with Crippen molar-refractivity contribution in [2.24, 2.45) is 0 Å². The Morgan fingerprint density at radius 3 is 2.25 bits per heavy atom. The molecular weight excluding hydrogens is 166 g/mol. The maximum absolute atomic E-state index is 3.38. The summed E-state index contributed by atoms with van der Waals surface area (Å²) in [6.07, 6.45) is 0. The Hall–Kier alpha value is -0.240. The van der Waals surface area contributed by atoms with Crippen molar-refractivity contribution < 1.29 is 0 Å². The molecule has 1 heterocycles. The second kappa shape index (κ2) is 1.94. The average Bonchev–Trinajstić information content (AvgIpc) is 1.85. The minimum Gasteiger partial charge on any atom is -0.362 e. The highest BCUT2D eigenvalue weighted by Crippen LogP contribution is 2.15. The zero-order chi connectivity index (χ0) is 6.15. The van der Waals surface area contributed by atoms with Crippen molar-refractivity contribution in [3.05, 3.63) is 21.9 Å². The van der Waals surface area contributed by atoms with E-state index >= 15 is 0 Å². The van der Waals surface area contributed by atoms with Crippen molar-refractivity contribution in [3.8, 4) is 0 Å². The van der Waals surface area contributed by atoms with Gasteiger partial charge in [0.1, 0.15) is 0 Å². The Morgan fingerprint density at radius 2 is 2.12 bits per heavy atom. The maximum Gasteiger partial charge on any atom is 0.0382 e. The van der Waals surface area contributed by atoms with Crippen molar-refractivity contribution >= 4 is 15.9 Å². The van der Waals surface area contributed by atoms with Crippen LogP contribution >= 0.6 is 15.9 Å². The first-order valence-corrected chi connectivity index (χ1v) is 3.31. The van der Waals surface area contributed by atoms with Gasteiger partial charge in [0.05, 0.1) is 0 Å². The van der Waals surface area contributed by atoms with Crippen LogP contribution in [-0.4, -0.2) is 4.98 Å². The smallest absolute Gasteiger partial charge is 0.0382 e. The number of H-pyrrole nitrogens is 1. The predicted molar refractivity (Wildman–Crippen MR) is 38.0 cm³/mol. The highest BCUT2D eigenvalue weighted by molar-refractivity contribution is 9.10. The summed E-state index contributed by atoms with van der Waals surface area (Å²) in [6, 6.07) is 2.06. The zero-order valence-corrected chi connectivity index (χ0v) is 6.54. The normalized spacial score (nSPS) is 9.88. The van der Waals surface area contributed by atoms with Crippen LogP contribution in [0.4, 0.5) is 0 Å². The summed E-state index contributed by atoms with van der Waals surface area (Å²) in [7, 11) is 0. The standard InChI is InChI=1S/C6H8BrN/c1-4-3-6(7)5(2)8-4/h3,8H,1-2H3. The Balaban J connectivity index is 3.14. The first-order valence-electron chi connectivity index (χ1n) is 2.52. The summed E-state index contributed by atoms with van der Waals surface area (Å²) in [4.78, 5) is 3.16. The molecule has 0 fully saturated rings. The van der Waals surface area contributed by atoms with E-state index in [1.165, 1.54) is 11.4 Å². The lowest BCUT2D eigenvalue weighted by atomic mass is 10.5. The van der Waals surface area contributed by atoms with Crippen molar-refractivity contribution in [1.29, 1.82) is 0 Å². The highest BCUT2D eigenvalue weighted by Gasteiger charge is 1.93. The van der Waals surface area contributed by atoms with Crippen LogP contribution in [0.3, 0.4) is 0 Å². The lowest BCUT2D eigenvalue weighted by molar-refractivity contribution is 1.18. The maximum atomic E-state index is 3.38. The second-order valence-electron chi connectivity index (χ2n) is 1.93. The zero-order valence-electron chi connectivity index (χ0n) is 4.96. The lowest BCUT2D eigenvalue weighted by Gasteiger charge is -1.80. The molecule has 0 unspecified atom stereocenters. The Kier molecular flexibility index (Phi) is 1.43. The summed E-state index contributed by atoms with van der Waals surface area (Å²) in [5.74, 6) is 0. The van der Waals surface area contributed by atoms with Crippen LogP contribution in [0.1, 0.15) is 11.4 Å². The largest absolute Gasteiger partial charge is 0.362 e.